The van der Waals surface area contributed by atoms with Crippen LogP contribution in [0.1, 0.15) is 19.3 Å². The zero-order valence-electron chi connectivity index (χ0n) is 11.0. The molecule has 1 heterocycles. The molecule has 0 spiro atoms. The molecule has 1 unspecified atom stereocenters. The Morgan fingerprint density at radius 1 is 1.47 bits per heavy atom. The number of hydrogen-bond donors (Lipinski definition) is 2. The fourth-order valence-electron chi connectivity index (χ4n) is 1.92. The van der Waals surface area contributed by atoms with Crippen molar-refractivity contribution in [1.82, 2.24) is 15.5 Å². The molecule has 0 aromatic heterocycles. The second-order valence-electron chi connectivity index (χ2n) is 4.59. The van der Waals surface area contributed by atoms with Crippen molar-refractivity contribution in [1.29, 1.82) is 0 Å². The van der Waals surface area contributed by atoms with E-state index in [9.17, 15) is 4.79 Å². The standard InChI is InChI=1S/C12H25N3O2/c1-15(9-10-17-2)8-7-13-11-5-3-4-6-14-12(11)16/h11,13H,3-10H2,1-2H3,(H,14,16). The van der Waals surface area contributed by atoms with E-state index in [2.05, 4.69) is 22.6 Å². The lowest BCUT2D eigenvalue weighted by atomic mass is 10.1. The summed E-state index contributed by atoms with van der Waals surface area (Å²) in [5, 5.41) is 6.26. The van der Waals surface area contributed by atoms with E-state index >= 15 is 0 Å². The zero-order valence-corrected chi connectivity index (χ0v) is 11.0. The van der Waals surface area contributed by atoms with Crippen LogP contribution in [0.25, 0.3) is 0 Å². The lowest BCUT2D eigenvalue weighted by Crippen LogP contribution is -2.45. The highest BCUT2D eigenvalue weighted by molar-refractivity contribution is 5.81. The van der Waals surface area contributed by atoms with Gasteiger partial charge in [0.1, 0.15) is 0 Å². The molecule has 2 N–H and O–H groups in total. The largest absolute Gasteiger partial charge is 0.383 e. The maximum Gasteiger partial charge on any atom is 0.237 e. The van der Waals surface area contributed by atoms with Gasteiger partial charge in [0.15, 0.2) is 0 Å². The molecule has 17 heavy (non-hydrogen) atoms. The Morgan fingerprint density at radius 3 is 3.06 bits per heavy atom. The number of ether oxygens (including phenoxy) is 1. The minimum Gasteiger partial charge on any atom is -0.383 e. The van der Waals surface area contributed by atoms with Crippen LogP contribution in [-0.2, 0) is 9.53 Å². The predicted molar refractivity (Wildman–Crippen MR) is 68.0 cm³/mol. The van der Waals surface area contributed by atoms with Gasteiger partial charge in [-0.05, 0) is 26.3 Å². The van der Waals surface area contributed by atoms with Crippen molar-refractivity contribution in [3.8, 4) is 0 Å². The van der Waals surface area contributed by atoms with Gasteiger partial charge in [-0.1, -0.05) is 0 Å². The van der Waals surface area contributed by atoms with Gasteiger partial charge in [-0.2, -0.15) is 0 Å². The summed E-state index contributed by atoms with van der Waals surface area (Å²) < 4.78 is 5.02. The number of nitrogens with zero attached hydrogens (tertiary/aromatic N) is 1. The molecule has 0 radical (unpaired) electrons. The number of amides is 1. The summed E-state index contributed by atoms with van der Waals surface area (Å²) in [6, 6.07) is -0.00618. The Balaban J connectivity index is 2.13. The first kappa shape index (κ1) is 14.4. The van der Waals surface area contributed by atoms with E-state index in [0.717, 1.165) is 52.0 Å². The average Bonchev–Trinajstić information content (AvgIpc) is 2.52. The number of carbonyl (C=O) groups excluding carboxylic acids is 1. The molecule has 0 aromatic carbocycles. The molecule has 1 rings (SSSR count). The molecule has 1 aliphatic heterocycles. The minimum absolute atomic E-state index is 0.00618. The summed E-state index contributed by atoms with van der Waals surface area (Å²) >= 11 is 0. The average molecular weight is 243 g/mol. The highest BCUT2D eigenvalue weighted by atomic mass is 16.5. The Hall–Kier alpha value is -0.650. The second kappa shape index (κ2) is 8.44. The summed E-state index contributed by atoms with van der Waals surface area (Å²) in [6.45, 7) is 4.28. The SMILES string of the molecule is COCCN(C)CCNC1CCCCNC1=O. The third-order valence-corrected chi connectivity index (χ3v) is 3.10. The molecule has 1 aliphatic rings. The van der Waals surface area contributed by atoms with Crippen molar-refractivity contribution in [2.75, 3.05) is 46.9 Å². The van der Waals surface area contributed by atoms with Gasteiger partial charge in [-0.25, -0.2) is 0 Å². The first-order valence-electron chi connectivity index (χ1n) is 6.42. The minimum atomic E-state index is -0.00618. The first-order chi connectivity index (χ1) is 8.24. The quantitative estimate of drug-likeness (QED) is 0.651. The van der Waals surface area contributed by atoms with Crippen molar-refractivity contribution in [3.05, 3.63) is 0 Å². The van der Waals surface area contributed by atoms with Crippen LogP contribution < -0.4 is 10.6 Å². The van der Waals surface area contributed by atoms with Gasteiger partial charge >= 0.3 is 0 Å². The van der Waals surface area contributed by atoms with Gasteiger partial charge in [0.25, 0.3) is 0 Å². The molecule has 0 bridgehead atoms. The highest BCUT2D eigenvalue weighted by Crippen LogP contribution is 2.04. The number of methoxy groups -OCH3 is 1. The van der Waals surface area contributed by atoms with E-state index in [1.54, 1.807) is 7.11 Å². The van der Waals surface area contributed by atoms with Crippen LogP contribution in [0.5, 0.6) is 0 Å². The molecule has 5 heteroatoms. The van der Waals surface area contributed by atoms with Crippen LogP contribution >= 0.6 is 0 Å². The Kier molecular flexibility index (Phi) is 7.16. The molecule has 5 nitrogen and oxygen atoms in total. The monoisotopic (exact) mass is 243 g/mol. The normalized spacial score (nSPS) is 21.4. The molecular weight excluding hydrogens is 218 g/mol. The van der Waals surface area contributed by atoms with E-state index < -0.39 is 0 Å². The summed E-state index contributed by atoms with van der Waals surface area (Å²) in [6.07, 6.45) is 3.17. The first-order valence-corrected chi connectivity index (χ1v) is 6.42. The van der Waals surface area contributed by atoms with Gasteiger partial charge in [-0.3, -0.25) is 4.79 Å². The van der Waals surface area contributed by atoms with Gasteiger partial charge in [-0.15, -0.1) is 0 Å². The number of nitrogens with one attached hydrogen (secondary N) is 2. The van der Waals surface area contributed by atoms with Gasteiger partial charge < -0.3 is 20.3 Å². The Morgan fingerprint density at radius 2 is 2.29 bits per heavy atom. The number of carbonyl (C=O) groups is 1. The van der Waals surface area contributed by atoms with E-state index in [0.29, 0.717) is 0 Å². The van der Waals surface area contributed by atoms with Crippen molar-refractivity contribution < 1.29 is 9.53 Å². The van der Waals surface area contributed by atoms with Crippen molar-refractivity contribution in [2.24, 2.45) is 0 Å². The van der Waals surface area contributed by atoms with Gasteiger partial charge in [0.2, 0.25) is 5.91 Å². The zero-order chi connectivity index (χ0) is 12.5. The molecule has 0 aliphatic carbocycles. The van der Waals surface area contributed by atoms with Gasteiger partial charge in [0.05, 0.1) is 12.6 Å². The predicted octanol–water partition coefficient (Wildman–Crippen LogP) is -0.177. The van der Waals surface area contributed by atoms with E-state index in [1.165, 1.54) is 0 Å². The lowest BCUT2D eigenvalue weighted by molar-refractivity contribution is -0.122. The molecule has 1 saturated heterocycles. The molecule has 0 saturated carbocycles. The van der Waals surface area contributed by atoms with Gasteiger partial charge in [0, 0.05) is 33.3 Å². The summed E-state index contributed by atoms with van der Waals surface area (Å²) in [5.41, 5.74) is 0. The number of likely N-dealkylation sites (N-methyl/N-ethyl adjacent to an activating group) is 1. The molecule has 1 amide bonds. The third-order valence-electron chi connectivity index (χ3n) is 3.10. The fourth-order valence-corrected chi connectivity index (χ4v) is 1.92. The molecule has 1 fully saturated rings. The topological polar surface area (TPSA) is 53.6 Å². The number of hydrogen-bond acceptors (Lipinski definition) is 4. The molecule has 0 aromatic rings. The van der Waals surface area contributed by atoms with Crippen molar-refractivity contribution in [3.63, 3.8) is 0 Å². The van der Waals surface area contributed by atoms with E-state index in [-0.39, 0.29) is 11.9 Å². The molecule has 1 atom stereocenters. The van der Waals surface area contributed by atoms with E-state index in [4.69, 9.17) is 4.74 Å². The third kappa shape index (κ3) is 6.00. The van der Waals surface area contributed by atoms with E-state index in [1.807, 2.05) is 0 Å². The summed E-state index contributed by atoms with van der Waals surface area (Å²) in [4.78, 5) is 13.9. The Labute approximate surface area is 104 Å². The van der Waals surface area contributed by atoms with Crippen LogP contribution in [0.3, 0.4) is 0 Å². The molecule has 100 valence electrons. The van der Waals surface area contributed by atoms with Crippen LogP contribution in [-0.4, -0.2) is 63.8 Å². The fraction of sp³-hybridized carbons (Fsp3) is 0.917. The highest BCUT2D eigenvalue weighted by Gasteiger charge is 2.19. The smallest absolute Gasteiger partial charge is 0.237 e. The second-order valence-corrected chi connectivity index (χ2v) is 4.59. The van der Waals surface area contributed by atoms with Crippen LogP contribution in [0.2, 0.25) is 0 Å². The van der Waals surface area contributed by atoms with Crippen LogP contribution in [0.4, 0.5) is 0 Å². The summed E-state index contributed by atoms with van der Waals surface area (Å²) in [5.74, 6) is 0.155. The van der Waals surface area contributed by atoms with Crippen LogP contribution in [0, 0.1) is 0 Å². The van der Waals surface area contributed by atoms with Crippen molar-refractivity contribution in [2.45, 2.75) is 25.3 Å². The van der Waals surface area contributed by atoms with Crippen molar-refractivity contribution >= 4 is 5.91 Å². The maximum absolute atomic E-state index is 11.7. The van der Waals surface area contributed by atoms with Crippen LogP contribution in [0.15, 0.2) is 0 Å². The number of rotatable bonds is 7. The lowest BCUT2D eigenvalue weighted by Gasteiger charge is -2.19. The summed E-state index contributed by atoms with van der Waals surface area (Å²) in [7, 11) is 3.77. The maximum atomic E-state index is 11.7. The Bertz CT molecular complexity index is 224. The molecular formula is C12H25N3O2.